The Morgan fingerprint density at radius 2 is 1.68 bits per heavy atom. The summed E-state index contributed by atoms with van der Waals surface area (Å²) in [7, 11) is 0. The minimum atomic E-state index is -4.73. The number of rotatable bonds is 5. The maximum Gasteiger partial charge on any atom is 0.451 e. The van der Waals surface area contributed by atoms with Gasteiger partial charge in [0, 0.05) is 31.6 Å². The first-order valence-corrected chi connectivity index (χ1v) is 11.3. The maximum atomic E-state index is 14.3. The average Bonchev–Trinajstić information content (AvgIpc) is 3.16. The van der Waals surface area contributed by atoms with E-state index in [2.05, 4.69) is 15.5 Å². The molecule has 0 radical (unpaired) electrons. The number of alkyl carbamates (subject to hydrolysis) is 1. The van der Waals surface area contributed by atoms with Crippen LogP contribution in [0, 0.1) is 17.5 Å². The van der Waals surface area contributed by atoms with Crippen LogP contribution in [0.5, 0.6) is 0 Å². The van der Waals surface area contributed by atoms with Crippen molar-refractivity contribution in [3.8, 4) is 0 Å². The summed E-state index contributed by atoms with van der Waals surface area (Å²) in [5, 5.41) is 9.35. The van der Waals surface area contributed by atoms with E-state index in [1.807, 2.05) is 0 Å². The van der Waals surface area contributed by atoms with E-state index >= 15 is 0 Å². The minimum absolute atomic E-state index is 0.0808. The van der Waals surface area contributed by atoms with Crippen molar-refractivity contribution in [2.24, 2.45) is 0 Å². The Labute approximate surface area is 209 Å². The van der Waals surface area contributed by atoms with Crippen molar-refractivity contribution < 1.29 is 40.7 Å². The molecule has 0 bridgehead atoms. The third kappa shape index (κ3) is 6.34. The van der Waals surface area contributed by atoms with Gasteiger partial charge in [-0.2, -0.15) is 13.2 Å². The zero-order valence-electron chi connectivity index (χ0n) is 20.8. The molecule has 8 nitrogen and oxygen atoms in total. The van der Waals surface area contributed by atoms with E-state index in [-0.39, 0.29) is 24.5 Å². The van der Waals surface area contributed by atoms with E-state index in [9.17, 15) is 35.9 Å². The van der Waals surface area contributed by atoms with Crippen LogP contribution in [0.1, 0.15) is 58.3 Å². The van der Waals surface area contributed by atoms with Crippen LogP contribution in [0.4, 0.5) is 31.1 Å². The molecule has 0 unspecified atom stereocenters. The van der Waals surface area contributed by atoms with Crippen molar-refractivity contribution in [2.75, 3.05) is 6.54 Å². The summed E-state index contributed by atoms with van der Waals surface area (Å²) in [5.74, 6) is -5.64. The van der Waals surface area contributed by atoms with Crippen LogP contribution in [-0.2, 0) is 34.2 Å². The van der Waals surface area contributed by atoms with Gasteiger partial charge < -0.3 is 19.5 Å². The summed E-state index contributed by atoms with van der Waals surface area (Å²) in [5.41, 5.74) is -2.50. The van der Waals surface area contributed by atoms with Crippen molar-refractivity contribution >= 4 is 12.0 Å². The third-order valence-electron chi connectivity index (χ3n) is 5.77. The molecule has 1 aromatic carbocycles. The molecule has 1 atom stereocenters. The molecule has 2 amide bonds. The lowest BCUT2D eigenvalue weighted by Gasteiger charge is -2.42. The van der Waals surface area contributed by atoms with Gasteiger partial charge in [-0.05, 0) is 52.7 Å². The Hall–Kier alpha value is -3.32. The number of hydrogen-bond donors (Lipinski definition) is 1. The lowest BCUT2D eigenvalue weighted by Crippen LogP contribution is -2.54. The molecule has 0 saturated carbocycles. The number of alkyl halides is 3. The SMILES string of the molecule is CC(C)(C)OC(=O)N[C@@H](CC(=O)N1CCn2c(C(F)(F)F)nnc2C1(C)C)Cc1cc(F)c(F)cc1F. The molecule has 0 fully saturated rings. The summed E-state index contributed by atoms with van der Waals surface area (Å²) in [6, 6.07) is -0.135. The van der Waals surface area contributed by atoms with Crippen molar-refractivity contribution in [3.05, 3.63) is 46.8 Å². The fourth-order valence-corrected chi connectivity index (χ4v) is 4.17. The molecule has 204 valence electrons. The molecular weight excluding hydrogens is 508 g/mol. The second-order valence-corrected chi connectivity index (χ2v) is 10.2. The van der Waals surface area contributed by atoms with Gasteiger partial charge in [-0.15, -0.1) is 10.2 Å². The molecule has 3 rings (SSSR count). The van der Waals surface area contributed by atoms with E-state index in [1.54, 1.807) is 20.8 Å². The number of fused-ring (bicyclic) bond motifs is 1. The lowest BCUT2D eigenvalue weighted by molar-refractivity contribution is -0.149. The molecule has 0 saturated heterocycles. The van der Waals surface area contributed by atoms with Gasteiger partial charge in [0.1, 0.15) is 11.4 Å². The molecule has 14 heteroatoms. The van der Waals surface area contributed by atoms with Gasteiger partial charge in [-0.1, -0.05) is 0 Å². The molecule has 1 aliphatic rings. The number of carbonyl (C=O) groups is 2. The highest BCUT2D eigenvalue weighted by atomic mass is 19.4. The zero-order chi connectivity index (χ0) is 27.9. The summed E-state index contributed by atoms with van der Waals surface area (Å²) in [4.78, 5) is 27.0. The number of ether oxygens (including phenoxy) is 1. The third-order valence-corrected chi connectivity index (χ3v) is 5.77. The van der Waals surface area contributed by atoms with Crippen LogP contribution in [0.3, 0.4) is 0 Å². The Bertz CT molecular complexity index is 1190. The second-order valence-electron chi connectivity index (χ2n) is 10.2. The van der Waals surface area contributed by atoms with Gasteiger partial charge in [0.2, 0.25) is 11.7 Å². The maximum absolute atomic E-state index is 14.3. The highest BCUT2D eigenvalue weighted by Crippen LogP contribution is 2.36. The molecule has 37 heavy (non-hydrogen) atoms. The smallest absolute Gasteiger partial charge is 0.444 e. The van der Waals surface area contributed by atoms with Gasteiger partial charge in [-0.3, -0.25) is 4.79 Å². The Morgan fingerprint density at radius 1 is 1.05 bits per heavy atom. The number of carbonyl (C=O) groups excluding carboxylic acids is 2. The average molecular weight is 535 g/mol. The Balaban J connectivity index is 1.86. The summed E-state index contributed by atoms with van der Waals surface area (Å²) >= 11 is 0. The molecule has 1 N–H and O–H groups in total. The van der Waals surface area contributed by atoms with Crippen LogP contribution < -0.4 is 5.32 Å². The molecule has 0 spiro atoms. The van der Waals surface area contributed by atoms with Gasteiger partial charge in [0.25, 0.3) is 0 Å². The van der Waals surface area contributed by atoms with Crippen molar-refractivity contribution in [1.29, 1.82) is 0 Å². The summed E-state index contributed by atoms with van der Waals surface area (Å²) in [6.07, 6.45) is -6.50. The fraction of sp³-hybridized carbons (Fsp3) is 0.565. The Morgan fingerprint density at radius 3 is 2.27 bits per heavy atom. The fourth-order valence-electron chi connectivity index (χ4n) is 4.17. The van der Waals surface area contributed by atoms with Crippen molar-refractivity contribution in [1.82, 2.24) is 25.0 Å². The largest absolute Gasteiger partial charge is 0.451 e. The molecule has 2 aromatic rings. The van der Waals surface area contributed by atoms with Gasteiger partial charge >= 0.3 is 12.3 Å². The predicted molar refractivity (Wildman–Crippen MR) is 118 cm³/mol. The standard InChI is InChI=1S/C23H27F6N5O3/c1-21(2,3)37-20(36)30-13(8-12-9-15(25)16(26)11-14(12)24)10-17(35)34-7-6-33-18(22(34,4)5)31-32-19(33)23(27,28)29/h9,11,13H,6-8,10H2,1-5H3,(H,30,36)/t13-/m1/s1. The first-order chi connectivity index (χ1) is 16.9. The normalized spacial score (nSPS) is 16.2. The Kier molecular flexibility index (Phi) is 7.53. The van der Waals surface area contributed by atoms with Crippen LogP contribution in [-0.4, -0.2) is 49.9 Å². The van der Waals surface area contributed by atoms with Gasteiger partial charge in [0.15, 0.2) is 17.5 Å². The highest BCUT2D eigenvalue weighted by molar-refractivity contribution is 5.79. The number of halogens is 6. The van der Waals surface area contributed by atoms with Crippen LogP contribution >= 0.6 is 0 Å². The number of hydrogen-bond acceptors (Lipinski definition) is 5. The van der Waals surface area contributed by atoms with Gasteiger partial charge in [-0.25, -0.2) is 18.0 Å². The number of benzene rings is 1. The topological polar surface area (TPSA) is 89.4 Å². The van der Waals surface area contributed by atoms with E-state index < -0.39 is 71.5 Å². The minimum Gasteiger partial charge on any atom is -0.444 e. The second kappa shape index (κ2) is 9.86. The summed E-state index contributed by atoms with van der Waals surface area (Å²) in [6.45, 7) is 7.44. The van der Waals surface area contributed by atoms with Crippen LogP contribution in [0.15, 0.2) is 12.1 Å². The molecule has 1 aliphatic heterocycles. The molecular formula is C23H27F6N5O3. The number of nitrogens with zero attached hydrogens (tertiary/aromatic N) is 4. The van der Waals surface area contributed by atoms with E-state index in [0.717, 1.165) is 4.57 Å². The quantitative estimate of drug-likeness (QED) is 0.455. The van der Waals surface area contributed by atoms with Crippen LogP contribution in [0.2, 0.25) is 0 Å². The molecule has 1 aromatic heterocycles. The number of aromatic nitrogens is 3. The highest BCUT2D eigenvalue weighted by Gasteiger charge is 2.46. The van der Waals surface area contributed by atoms with Crippen molar-refractivity contribution in [3.63, 3.8) is 0 Å². The first-order valence-electron chi connectivity index (χ1n) is 11.3. The molecule has 2 heterocycles. The first kappa shape index (κ1) is 28.3. The number of amides is 2. The monoisotopic (exact) mass is 535 g/mol. The number of nitrogens with one attached hydrogen (secondary N) is 1. The lowest BCUT2D eigenvalue weighted by atomic mass is 9.96. The molecule has 0 aliphatic carbocycles. The van der Waals surface area contributed by atoms with Crippen LogP contribution in [0.25, 0.3) is 0 Å². The zero-order valence-corrected chi connectivity index (χ0v) is 20.8. The van der Waals surface area contributed by atoms with E-state index in [1.165, 1.54) is 18.7 Å². The van der Waals surface area contributed by atoms with E-state index in [4.69, 9.17) is 4.74 Å². The van der Waals surface area contributed by atoms with Crippen molar-refractivity contribution in [2.45, 2.75) is 77.4 Å². The van der Waals surface area contributed by atoms with Gasteiger partial charge in [0.05, 0.1) is 5.54 Å². The summed E-state index contributed by atoms with van der Waals surface area (Å²) < 4.78 is 87.4. The van der Waals surface area contributed by atoms with E-state index in [0.29, 0.717) is 12.1 Å². The predicted octanol–water partition coefficient (Wildman–Crippen LogP) is 4.32.